The van der Waals surface area contributed by atoms with Crippen molar-refractivity contribution in [2.75, 3.05) is 0 Å². The molecule has 2 rings (SSSR count). The van der Waals surface area contributed by atoms with Crippen molar-refractivity contribution in [2.24, 2.45) is 0 Å². The van der Waals surface area contributed by atoms with Crippen LogP contribution in [0.1, 0.15) is 17.3 Å². The quantitative estimate of drug-likeness (QED) is 0.856. The molecule has 0 aliphatic heterocycles. The van der Waals surface area contributed by atoms with Gasteiger partial charge in [0.1, 0.15) is 0 Å². The van der Waals surface area contributed by atoms with E-state index in [0.717, 1.165) is 15.2 Å². The van der Waals surface area contributed by atoms with Crippen molar-refractivity contribution in [3.63, 3.8) is 0 Å². The summed E-state index contributed by atoms with van der Waals surface area (Å²) < 4.78 is 1.03. The average Bonchev–Trinajstić information content (AvgIpc) is 2.37. The molecule has 92 valence electrons. The van der Waals surface area contributed by atoms with Crippen LogP contribution in [0.4, 0.5) is 0 Å². The first-order valence-corrected chi connectivity index (χ1v) is 6.52. The summed E-state index contributed by atoms with van der Waals surface area (Å²) in [6.45, 7) is 5.54. The Morgan fingerprint density at radius 1 is 1.28 bits per heavy atom. The fraction of sp³-hybridized carbons (Fsp3) is 0.133. The molecule has 1 atom stereocenters. The topological polar surface area (TPSA) is 29.1 Å². The molecule has 0 radical (unpaired) electrons. The first-order valence-electron chi connectivity index (χ1n) is 5.73. The highest BCUT2D eigenvalue weighted by Gasteiger charge is 2.08. The maximum Gasteiger partial charge on any atom is 0.251 e. The molecule has 0 aliphatic carbocycles. The fourth-order valence-electron chi connectivity index (χ4n) is 1.71. The van der Waals surface area contributed by atoms with E-state index >= 15 is 0 Å². The van der Waals surface area contributed by atoms with Crippen LogP contribution in [0.5, 0.6) is 0 Å². The minimum atomic E-state index is -0.0766. The number of carbonyl (C=O) groups excluding carboxylic acids is 1. The number of fused-ring (bicyclic) bond motifs is 1. The van der Waals surface area contributed by atoms with E-state index in [2.05, 4.69) is 27.8 Å². The Bertz CT molecular complexity index is 606. The van der Waals surface area contributed by atoms with Crippen LogP contribution in [0.25, 0.3) is 10.8 Å². The summed E-state index contributed by atoms with van der Waals surface area (Å²) in [6, 6.07) is 11.6. The van der Waals surface area contributed by atoms with Gasteiger partial charge in [-0.3, -0.25) is 4.79 Å². The van der Waals surface area contributed by atoms with Crippen LogP contribution in [0, 0.1) is 0 Å². The van der Waals surface area contributed by atoms with Gasteiger partial charge in [-0.15, -0.1) is 6.58 Å². The number of carbonyl (C=O) groups is 1. The second kappa shape index (κ2) is 5.36. The van der Waals surface area contributed by atoms with Crippen LogP contribution >= 0.6 is 15.9 Å². The van der Waals surface area contributed by atoms with Crippen LogP contribution in [0.15, 0.2) is 53.5 Å². The molecule has 0 aromatic heterocycles. The summed E-state index contributed by atoms with van der Waals surface area (Å²) in [5.41, 5.74) is 0.665. The number of hydrogen-bond donors (Lipinski definition) is 1. The predicted octanol–water partition coefficient (Wildman–Crippen LogP) is 3.91. The molecular weight excluding hydrogens is 290 g/mol. The normalized spacial score (nSPS) is 12.1. The van der Waals surface area contributed by atoms with Crippen LogP contribution in [0.3, 0.4) is 0 Å². The van der Waals surface area contributed by atoms with E-state index in [9.17, 15) is 4.79 Å². The summed E-state index contributed by atoms with van der Waals surface area (Å²) >= 11 is 3.43. The first-order chi connectivity index (χ1) is 8.60. The Labute approximate surface area is 115 Å². The van der Waals surface area contributed by atoms with Gasteiger partial charge in [0.15, 0.2) is 0 Å². The molecule has 0 spiro atoms. The molecule has 2 aromatic rings. The summed E-state index contributed by atoms with van der Waals surface area (Å²) in [5.74, 6) is -0.0766. The van der Waals surface area contributed by atoms with Crippen LogP contribution in [-0.2, 0) is 0 Å². The molecule has 0 heterocycles. The van der Waals surface area contributed by atoms with Crippen LogP contribution in [0.2, 0.25) is 0 Å². The standard InChI is InChI=1S/C15H14BrNO/c1-3-10(2)17-15(18)13-5-4-12-9-14(16)7-6-11(12)8-13/h3-10H,1H2,2H3,(H,17,18). The lowest BCUT2D eigenvalue weighted by Crippen LogP contribution is -2.30. The molecular formula is C15H14BrNO. The molecule has 0 aliphatic rings. The number of nitrogens with one attached hydrogen (secondary N) is 1. The molecule has 2 nitrogen and oxygen atoms in total. The lowest BCUT2D eigenvalue weighted by atomic mass is 10.1. The summed E-state index contributed by atoms with van der Waals surface area (Å²) in [6.07, 6.45) is 1.70. The number of hydrogen-bond acceptors (Lipinski definition) is 1. The van der Waals surface area contributed by atoms with Gasteiger partial charge in [0.2, 0.25) is 0 Å². The molecule has 1 N–H and O–H groups in total. The first kappa shape index (κ1) is 12.8. The minimum absolute atomic E-state index is 0.0295. The third-order valence-corrected chi connectivity index (χ3v) is 3.27. The SMILES string of the molecule is C=CC(C)NC(=O)c1ccc2cc(Br)ccc2c1. The van der Waals surface area contributed by atoms with E-state index < -0.39 is 0 Å². The Kier molecular flexibility index (Phi) is 3.82. The third kappa shape index (κ3) is 2.79. The van der Waals surface area contributed by atoms with Crippen molar-refractivity contribution >= 4 is 32.6 Å². The van der Waals surface area contributed by atoms with Crippen molar-refractivity contribution in [1.29, 1.82) is 0 Å². The van der Waals surface area contributed by atoms with Gasteiger partial charge in [-0.25, -0.2) is 0 Å². The monoisotopic (exact) mass is 303 g/mol. The van der Waals surface area contributed by atoms with Crippen LogP contribution < -0.4 is 5.32 Å². The van der Waals surface area contributed by atoms with E-state index in [4.69, 9.17) is 0 Å². The molecule has 1 unspecified atom stereocenters. The van der Waals surface area contributed by atoms with Gasteiger partial charge in [0.25, 0.3) is 5.91 Å². The zero-order valence-corrected chi connectivity index (χ0v) is 11.7. The van der Waals surface area contributed by atoms with Gasteiger partial charge < -0.3 is 5.32 Å². The van der Waals surface area contributed by atoms with Gasteiger partial charge in [0, 0.05) is 16.1 Å². The highest BCUT2D eigenvalue weighted by molar-refractivity contribution is 9.10. The zero-order valence-electron chi connectivity index (χ0n) is 10.1. The smallest absolute Gasteiger partial charge is 0.251 e. The lowest BCUT2D eigenvalue weighted by Gasteiger charge is -2.09. The second-order valence-electron chi connectivity index (χ2n) is 4.20. The number of benzene rings is 2. The van der Waals surface area contributed by atoms with E-state index in [0.29, 0.717) is 5.56 Å². The van der Waals surface area contributed by atoms with E-state index in [1.165, 1.54) is 0 Å². The molecule has 1 amide bonds. The number of amides is 1. The van der Waals surface area contributed by atoms with Crippen molar-refractivity contribution in [3.05, 3.63) is 59.1 Å². The van der Waals surface area contributed by atoms with Gasteiger partial charge in [0.05, 0.1) is 0 Å². The molecule has 0 saturated carbocycles. The van der Waals surface area contributed by atoms with Gasteiger partial charge >= 0.3 is 0 Å². The molecule has 0 fully saturated rings. The van der Waals surface area contributed by atoms with Gasteiger partial charge in [-0.1, -0.05) is 34.1 Å². The molecule has 0 saturated heterocycles. The highest BCUT2D eigenvalue weighted by Crippen LogP contribution is 2.21. The summed E-state index contributed by atoms with van der Waals surface area (Å²) in [4.78, 5) is 12.0. The van der Waals surface area contributed by atoms with Crippen molar-refractivity contribution in [2.45, 2.75) is 13.0 Å². The Morgan fingerprint density at radius 2 is 1.94 bits per heavy atom. The lowest BCUT2D eigenvalue weighted by molar-refractivity contribution is 0.0947. The summed E-state index contributed by atoms with van der Waals surface area (Å²) in [7, 11) is 0. The van der Waals surface area contributed by atoms with Crippen molar-refractivity contribution < 1.29 is 4.79 Å². The Hall–Kier alpha value is -1.61. The fourth-order valence-corrected chi connectivity index (χ4v) is 2.09. The largest absolute Gasteiger partial charge is 0.346 e. The molecule has 18 heavy (non-hydrogen) atoms. The third-order valence-electron chi connectivity index (χ3n) is 2.78. The van der Waals surface area contributed by atoms with Crippen LogP contribution in [-0.4, -0.2) is 11.9 Å². The Balaban J connectivity index is 2.32. The highest BCUT2D eigenvalue weighted by atomic mass is 79.9. The van der Waals surface area contributed by atoms with Gasteiger partial charge in [-0.2, -0.15) is 0 Å². The van der Waals surface area contributed by atoms with E-state index in [1.807, 2.05) is 43.3 Å². The van der Waals surface area contributed by atoms with E-state index in [1.54, 1.807) is 6.08 Å². The number of rotatable bonds is 3. The molecule has 2 aromatic carbocycles. The Morgan fingerprint density at radius 3 is 2.67 bits per heavy atom. The second-order valence-corrected chi connectivity index (χ2v) is 5.12. The predicted molar refractivity (Wildman–Crippen MR) is 78.8 cm³/mol. The minimum Gasteiger partial charge on any atom is -0.346 e. The zero-order chi connectivity index (χ0) is 13.1. The maximum absolute atomic E-state index is 12.0. The van der Waals surface area contributed by atoms with E-state index in [-0.39, 0.29) is 11.9 Å². The summed E-state index contributed by atoms with van der Waals surface area (Å²) in [5, 5.41) is 5.02. The van der Waals surface area contributed by atoms with Crippen molar-refractivity contribution in [1.82, 2.24) is 5.32 Å². The molecule has 3 heteroatoms. The maximum atomic E-state index is 12.0. The van der Waals surface area contributed by atoms with Crippen molar-refractivity contribution in [3.8, 4) is 0 Å². The van der Waals surface area contributed by atoms with Gasteiger partial charge in [-0.05, 0) is 42.0 Å². The number of halogens is 1. The molecule has 0 bridgehead atoms. The average molecular weight is 304 g/mol.